The van der Waals surface area contributed by atoms with E-state index in [0.717, 1.165) is 18.1 Å². The van der Waals surface area contributed by atoms with Crippen molar-refractivity contribution in [2.24, 2.45) is 5.41 Å². The van der Waals surface area contributed by atoms with Gasteiger partial charge in [0.1, 0.15) is 11.9 Å². The monoisotopic (exact) mass is 707 g/mol. The van der Waals surface area contributed by atoms with Crippen molar-refractivity contribution in [1.82, 2.24) is 4.90 Å². The smallest absolute Gasteiger partial charge is 0.430 e. The number of amides is 1. The van der Waals surface area contributed by atoms with E-state index in [1.165, 1.54) is 6.92 Å². The van der Waals surface area contributed by atoms with Crippen molar-refractivity contribution in [1.29, 1.82) is 0 Å². The maximum Gasteiger partial charge on any atom is 0.430 e. The summed E-state index contributed by atoms with van der Waals surface area (Å²) in [6.07, 6.45) is -24.9. The molecule has 1 amide bonds. The van der Waals surface area contributed by atoms with Crippen LogP contribution in [0.3, 0.4) is 0 Å². The summed E-state index contributed by atoms with van der Waals surface area (Å²) in [6.45, 7) is 4.53. The second kappa shape index (κ2) is 12.1. The summed E-state index contributed by atoms with van der Waals surface area (Å²) in [6, 6.07) is 1.36. The number of hydrogen-bond donors (Lipinski definition) is 1. The normalized spacial score (nSPS) is 21.1. The number of aliphatic hydroxyl groups is 1. The topological polar surface area (TPSA) is 59.0 Å². The Hall–Kier alpha value is -3.63. The van der Waals surface area contributed by atoms with Gasteiger partial charge >= 0.3 is 30.8 Å². The van der Waals surface area contributed by atoms with Gasteiger partial charge in [-0.3, -0.25) is 4.90 Å². The first-order valence-electron chi connectivity index (χ1n) is 14.2. The number of ether oxygens (including phenoxy) is 2. The first-order valence-corrected chi connectivity index (χ1v) is 14.2. The predicted octanol–water partition coefficient (Wildman–Crippen LogP) is 9.59. The van der Waals surface area contributed by atoms with E-state index in [9.17, 15) is 62.6 Å². The van der Waals surface area contributed by atoms with Crippen LogP contribution in [0.4, 0.5) is 57.5 Å². The third-order valence-electron chi connectivity index (χ3n) is 8.63. The first kappa shape index (κ1) is 37.2. The molecule has 2 atom stereocenters. The van der Waals surface area contributed by atoms with Gasteiger partial charge in [0.25, 0.3) is 5.60 Å². The van der Waals surface area contributed by atoms with Gasteiger partial charge in [-0.1, -0.05) is 19.9 Å². The molecule has 2 aliphatic rings. The Morgan fingerprint density at radius 1 is 0.875 bits per heavy atom. The molecule has 4 rings (SSSR count). The molecule has 17 heteroatoms. The van der Waals surface area contributed by atoms with Gasteiger partial charge in [0.2, 0.25) is 0 Å². The Labute approximate surface area is 266 Å². The Morgan fingerprint density at radius 2 is 1.42 bits per heavy atom. The average molecular weight is 708 g/mol. The molecule has 1 N–H and O–H groups in total. The molecule has 0 spiro atoms. The van der Waals surface area contributed by atoms with Crippen molar-refractivity contribution < 1.29 is 72.1 Å². The lowest BCUT2D eigenvalue weighted by Crippen LogP contribution is -2.53. The molecular formula is C31H29F12NO4. The van der Waals surface area contributed by atoms with Gasteiger partial charge in [-0.15, -0.1) is 0 Å². The number of halogens is 12. The third-order valence-corrected chi connectivity index (χ3v) is 8.63. The Morgan fingerprint density at radius 3 is 1.90 bits per heavy atom. The molecule has 0 radical (unpaired) electrons. The molecule has 1 heterocycles. The second-order valence-corrected chi connectivity index (χ2v) is 12.6. The van der Waals surface area contributed by atoms with E-state index in [1.54, 1.807) is 13.8 Å². The van der Waals surface area contributed by atoms with Crippen LogP contribution in [0.1, 0.15) is 74.0 Å². The molecule has 1 aliphatic heterocycles. The molecule has 48 heavy (non-hydrogen) atoms. The molecule has 0 saturated carbocycles. The number of cyclic esters (lactones) is 1. The van der Waals surface area contributed by atoms with Crippen LogP contribution in [-0.2, 0) is 22.7 Å². The number of hydrogen-bond acceptors (Lipinski definition) is 4. The van der Waals surface area contributed by atoms with E-state index in [1.807, 2.05) is 0 Å². The minimum Gasteiger partial charge on any atom is -0.496 e. The SMILES string of the molecule is COc1ccc(C(O)(C(F)(F)F)C(F)(F)F)cc1C1=C(CN2C(=O)O[C@H](c3cc(C(F)(F)F)cc(C(F)(F)F)c3)[C@@H]2C)CC(C)(C)CC1. The molecule has 1 saturated heterocycles. The zero-order valence-corrected chi connectivity index (χ0v) is 25.6. The maximum atomic E-state index is 13.7. The molecule has 5 nitrogen and oxygen atoms in total. The van der Waals surface area contributed by atoms with Crippen LogP contribution in [-0.4, -0.2) is 48.1 Å². The van der Waals surface area contributed by atoms with E-state index >= 15 is 0 Å². The largest absolute Gasteiger partial charge is 0.496 e. The second-order valence-electron chi connectivity index (χ2n) is 12.6. The van der Waals surface area contributed by atoms with Crippen LogP contribution < -0.4 is 4.74 Å². The summed E-state index contributed by atoms with van der Waals surface area (Å²) in [7, 11) is 1.11. The van der Waals surface area contributed by atoms with Crippen molar-refractivity contribution in [3.63, 3.8) is 0 Å². The summed E-state index contributed by atoms with van der Waals surface area (Å²) in [5, 5.41) is 10.1. The van der Waals surface area contributed by atoms with Gasteiger partial charge in [-0.25, -0.2) is 4.79 Å². The summed E-state index contributed by atoms with van der Waals surface area (Å²) >= 11 is 0. The average Bonchev–Trinajstić information content (AvgIpc) is 3.22. The maximum absolute atomic E-state index is 13.7. The van der Waals surface area contributed by atoms with E-state index in [4.69, 9.17) is 9.47 Å². The molecule has 1 fully saturated rings. The van der Waals surface area contributed by atoms with Gasteiger partial charge in [-0.2, -0.15) is 52.7 Å². The molecule has 1 aliphatic carbocycles. The Bertz CT molecular complexity index is 1540. The Kier molecular flexibility index (Phi) is 9.34. The van der Waals surface area contributed by atoms with Crippen molar-refractivity contribution >= 4 is 11.7 Å². The zero-order chi connectivity index (χ0) is 36.4. The van der Waals surface area contributed by atoms with Crippen LogP contribution in [0, 0.1) is 5.41 Å². The van der Waals surface area contributed by atoms with E-state index < -0.39 is 82.8 Å². The Balaban J connectivity index is 1.82. The van der Waals surface area contributed by atoms with Gasteiger partial charge in [0.05, 0.1) is 24.3 Å². The van der Waals surface area contributed by atoms with Crippen molar-refractivity contribution in [3.05, 3.63) is 69.8 Å². The molecule has 0 unspecified atom stereocenters. The van der Waals surface area contributed by atoms with E-state index in [-0.39, 0.29) is 35.8 Å². The molecule has 2 aromatic rings. The zero-order valence-electron chi connectivity index (χ0n) is 25.6. The standard InChI is InChI=1S/C31H29F12NO4/c1-15-24(16-9-19(28(32,33)34)11-20(10-16)29(35,36)37)48-25(45)44(15)14-17-13-26(2,3)8-7-21(17)22-12-18(5-6-23(22)47-4)27(46,30(38,39)40)31(41,42)43/h5-6,9-12,15,24,46H,7-8,13-14H2,1-4H3/t15-,24-/m0/s1. The fraction of sp³-hybridized carbons (Fsp3) is 0.516. The first-order chi connectivity index (χ1) is 21.7. The summed E-state index contributed by atoms with van der Waals surface area (Å²) in [5.74, 6) is -0.156. The van der Waals surface area contributed by atoms with Gasteiger partial charge in [0.15, 0.2) is 0 Å². The number of carbonyl (C=O) groups is 1. The fourth-order valence-electron chi connectivity index (χ4n) is 6.05. The van der Waals surface area contributed by atoms with Gasteiger partial charge in [0, 0.05) is 17.7 Å². The predicted molar refractivity (Wildman–Crippen MR) is 145 cm³/mol. The van der Waals surface area contributed by atoms with Gasteiger partial charge < -0.3 is 14.6 Å². The fourth-order valence-corrected chi connectivity index (χ4v) is 6.05. The number of methoxy groups -OCH3 is 1. The van der Waals surface area contributed by atoms with E-state index in [0.29, 0.717) is 36.3 Å². The van der Waals surface area contributed by atoms with E-state index in [2.05, 4.69) is 0 Å². The van der Waals surface area contributed by atoms with Crippen LogP contribution in [0.15, 0.2) is 42.0 Å². The van der Waals surface area contributed by atoms with Crippen LogP contribution in [0.5, 0.6) is 5.75 Å². The quantitative estimate of drug-likeness (QED) is 0.304. The highest BCUT2D eigenvalue weighted by Crippen LogP contribution is 2.52. The van der Waals surface area contributed by atoms with Gasteiger partial charge in [-0.05, 0) is 78.6 Å². The molecule has 2 aromatic carbocycles. The molecular weight excluding hydrogens is 678 g/mol. The van der Waals surface area contributed by atoms with Crippen molar-refractivity contribution in [3.8, 4) is 5.75 Å². The van der Waals surface area contributed by atoms with Crippen LogP contribution in [0.2, 0.25) is 0 Å². The number of benzene rings is 2. The van der Waals surface area contributed by atoms with Crippen molar-refractivity contribution in [2.45, 2.75) is 82.5 Å². The minimum atomic E-state index is -6.18. The number of rotatable bonds is 6. The number of nitrogens with zero attached hydrogens (tertiary/aromatic N) is 1. The summed E-state index contributed by atoms with van der Waals surface area (Å²) in [5.41, 5.74) is -10.9. The lowest BCUT2D eigenvalue weighted by molar-refractivity contribution is -0.376. The van der Waals surface area contributed by atoms with Crippen LogP contribution in [0.25, 0.3) is 5.57 Å². The number of carbonyl (C=O) groups excluding carboxylic acids is 1. The number of alkyl halides is 12. The van der Waals surface area contributed by atoms with Crippen LogP contribution >= 0.6 is 0 Å². The highest BCUT2D eigenvalue weighted by Gasteiger charge is 2.71. The number of allylic oxidation sites excluding steroid dienone is 1. The van der Waals surface area contributed by atoms with Crippen molar-refractivity contribution in [2.75, 3.05) is 13.7 Å². The summed E-state index contributed by atoms with van der Waals surface area (Å²) in [4.78, 5) is 14.1. The minimum absolute atomic E-state index is 0.0574. The highest BCUT2D eigenvalue weighted by molar-refractivity contribution is 5.77. The highest BCUT2D eigenvalue weighted by atomic mass is 19.4. The third kappa shape index (κ3) is 6.92. The lowest BCUT2D eigenvalue weighted by Gasteiger charge is -2.36. The molecule has 0 bridgehead atoms. The molecule has 0 aromatic heterocycles. The summed E-state index contributed by atoms with van der Waals surface area (Å²) < 4.78 is 174. The molecule has 266 valence electrons. The lowest BCUT2D eigenvalue weighted by atomic mass is 9.72.